The van der Waals surface area contributed by atoms with E-state index in [2.05, 4.69) is 10.2 Å². The minimum Gasteiger partial charge on any atom is -0.507 e. The summed E-state index contributed by atoms with van der Waals surface area (Å²) >= 11 is 0. The van der Waals surface area contributed by atoms with Gasteiger partial charge in [-0.1, -0.05) is 12.1 Å². The van der Waals surface area contributed by atoms with Crippen molar-refractivity contribution in [2.45, 2.75) is 27.7 Å². The van der Waals surface area contributed by atoms with Gasteiger partial charge in [-0.25, -0.2) is 0 Å². The highest BCUT2D eigenvalue weighted by atomic mass is 16.3. The zero-order valence-corrected chi connectivity index (χ0v) is 13.3. The van der Waals surface area contributed by atoms with E-state index < -0.39 is 0 Å². The molecule has 0 spiro atoms. The van der Waals surface area contributed by atoms with E-state index in [1.165, 1.54) is 12.4 Å². The second-order valence-corrected chi connectivity index (χ2v) is 5.53. The highest BCUT2D eigenvalue weighted by molar-refractivity contribution is 5.87. The average Bonchev–Trinajstić information content (AvgIpc) is 2.44. The van der Waals surface area contributed by atoms with E-state index in [1.54, 1.807) is 0 Å². The van der Waals surface area contributed by atoms with Crippen LogP contribution in [-0.2, 0) is 0 Å². The van der Waals surface area contributed by atoms with Crippen LogP contribution >= 0.6 is 0 Å². The van der Waals surface area contributed by atoms with Gasteiger partial charge in [-0.3, -0.25) is 0 Å². The maximum absolute atomic E-state index is 9.97. The van der Waals surface area contributed by atoms with Crippen LogP contribution in [-0.4, -0.2) is 22.6 Å². The van der Waals surface area contributed by atoms with E-state index in [9.17, 15) is 10.2 Å². The van der Waals surface area contributed by atoms with Crippen LogP contribution in [0.1, 0.15) is 33.4 Å². The molecule has 0 aromatic heterocycles. The molecule has 0 unspecified atom stereocenters. The Morgan fingerprint density at radius 1 is 0.682 bits per heavy atom. The maximum Gasteiger partial charge on any atom is 0.127 e. The topological polar surface area (TPSA) is 65.2 Å². The maximum atomic E-state index is 9.97. The smallest absolute Gasteiger partial charge is 0.127 e. The Hall–Kier alpha value is -2.62. The van der Waals surface area contributed by atoms with E-state index in [0.717, 1.165) is 22.3 Å². The highest BCUT2D eigenvalue weighted by Gasteiger charge is 2.04. The third-order valence-corrected chi connectivity index (χ3v) is 3.41. The third-order valence-electron chi connectivity index (χ3n) is 3.41. The summed E-state index contributed by atoms with van der Waals surface area (Å²) in [6, 6.07) is 7.50. The molecule has 0 radical (unpaired) electrons. The summed E-state index contributed by atoms with van der Waals surface area (Å²) in [6.45, 7) is 7.61. The quantitative estimate of drug-likeness (QED) is 0.668. The van der Waals surface area contributed by atoms with Gasteiger partial charge in [0, 0.05) is 11.1 Å². The Bertz CT molecular complexity index is 697. The van der Waals surface area contributed by atoms with Crippen molar-refractivity contribution in [1.29, 1.82) is 0 Å². The molecule has 4 heteroatoms. The van der Waals surface area contributed by atoms with Gasteiger partial charge in [-0.2, -0.15) is 10.2 Å². The molecular weight excluding hydrogens is 276 g/mol. The Morgan fingerprint density at radius 3 is 1.41 bits per heavy atom. The molecule has 2 aromatic rings. The number of nitrogens with zero attached hydrogens (tertiary/aromatic N) is 2. The van der Waals surface area contributed by atoms with Crippen molar-refractivity contribution in [2.75, 3.05) is 0 Å². The molecule has 0 amide bonds. The van der Waals surface area contributed by atoms with Crippen molar-refractivity contribution in [3.63, 3.8) is 0 Å². The predicted octanol–water partition coefficient (Wildman–Crippen LogP) is 3.78. The third kappa shape index (κ3) is 3.52. The normalized spacial score (nSPS) is 11.6. The number of aryl methyl sites for hydroxylation is 4. The minimum absolute atomic E-state index is 0.207. The molecule has 0 aliphatic rings. The zero-order valence-electron chi connectivity index (χ0n) is 13.3. The van der Waals surface area contributed by atoms with Gasteiger partial charge < -0.3 is 10.2 Å². The highest BCUT2D eigenvalue weighted by Crippen LogP contribution is 2.23. The molecule has 0 heterocycles. The number of phenolic OH excluding ortho intramolecular Hbond substituents is 2. The van der Waals surface area contributed by atoms with E-state index in [0.29, 0.717) is 11.1 Å². The molecule has 0 saturated carbocycles. The number of phenols is 2. The number of rotatable bonds is 3. The first kappa shape index (κ1) is 15.8. The van der Waals surface area contributed by atoms with E-state index in [-0.39, 0.29) is 11.5 Å². The summed E-state index contributed by atoms with van der Waals surface area (Å²) in [6.07, 6.45) is 3.01. The van der Waals surface area contributed by atoms with Crippen LogP contribution in [0.15, 0.2) is 34.5 Å². The van der Waals surface area contributed by atoms with Gasteiger partial charge in [0.1, 0.15) is 11.5 Å². The fourth-order valence-electron chi connectivity index (χ4n) is 2.37. The van der Waals surface area contributed by atoms with Gasteiger partial charge in [0.2, 0.25) is 0 Å². The molecule has 2 rings (SSSR count). The van der Waals surface area contributed by atoms with Crippen LogP contribution in [0.5, 0.6) is 11.5 Å². The van der Waals surface area contributed by atoms with Crippen LogP contribution < -0.4 is 0 Å². The number of hydrogen-bond acceptors (Lipinski definition) is 4. The predicted molar refractivity (Wildman–Crippen MR) is 90.3 cm³/mol. The zero-order chi connectivity index (χ0) is 16.3. The van der Waals surface area contributed by atoms with E-state index >= 15 is 0 Å². The van der Waals surface area contributed by atoms with Gasteiger partial charge >= 0.3 is 0 Å². The number of aromatic hydroxyl groups is 2. The van der Waals surface area contributed by atoms with Gasteiger partial charge in [0.05, 0.1) is 12.4 Å². The average molecular weight is 296 g/mol. The summed E-state index contributed by atoms with van der Waals surface area (Å²) in [5, 5.41) is 27.9. The lowest BCUT2D eigenvalue weighted by Crippen LogP contribution is -1.89. The largest absolute Gasteiger partial charge is 0.507 e. The van der Waals surface area contributed by atoms with Crippen LogP contribution in [0.4, 0.5) is 0 Å². The van der Waals surface area contributed by atoms with Crippen molar-refractivity contribution in [1.82, 2.24) is 0 Å². The Balaban J connectivity index is 2.23. The van der Waals surface area contributed by atoms with Gasteiger partial charge in [-0.15, -0.1) is 0 Å². The van der Waals surface area contributed by atoms with Gasteiger partial charge in [-0.05, 0) is 62.1 Å². The molecule has 2 N–H and O–H groups in total. The number of benzene rings is 2. The van der Waals surface area contributed by atoms with Crippen LogP contribution in [0.2, 0.25) is 0 Å². The van der Waals surface area contributed by atoms with Crippen molar-refractivity contribution < 1.29 is 10.2 Å². The van der Waals surface area contributed by atoms with Crippen LogP contribution in [0.25, 0.3) is 0 Å². The second-order valence-electron chi connectivity index (χ2n) is 5.53. The molecule has 0 saturated heterocycles. The fourth-order valence-corrected chi connectivity index (χ4v) is 2.37. The van der Waals surface area contributed by atoms with Crippen molar-refractivity contribution in [3.05, 3.63) is 57.6 Å². The summed E-state index contributed by atoms with van der Waals surface area (Å²) in [5.74, 6) is 0.414. The lowest BCUT2D eigenvalue weighted by molar-refractivity contribution is 0.469. The summed E-state index contributed by atoms with van der Waals surface area (Å²) in [7, 11) is 0. The molecule has 0 fully saturated rings. The summed E-state index contributed by atoms with van der Waals surface area (Å²) < 4.78 is 0. The van der Waals surface area contributed by atoms with Crippen molar-refractivity contribution in [2.24, 2.45) is 10.2 Å². The van der Waals surface area contributed by atoms with Crippen LogP contribution in [0.3, 0.4) is 0 Å². The lowest BCUT2D eigenvalue weighted by Gasteiger charge is -2.04. The summed E-state index contributed by atoms with van der Waals surface area (Å²) in [4.78, 5) is 0. The summed E-state index contributed by atoms with van der Waals surface area (Å²) in [5.41, 5.74) is 4.95. The van der Waals surface area contributed by atoms with Gasteiger partial charge in [0.25, 0.3) is 0 Å². The second kappa shape index (κ2) is 6.43. The Morgan fingerprint density at radius 2 is 1.05 bits per heavy atom. The SMILES string of the molecule is Cc1cc(C)c(O)c(/C=N\N=C/c2cc(C)cc(C)c2O)c1. The van der Waals surface area contributed by atoms with E-state index in [1.807, 2.05) is 52.0 Å². The van der Waals surface area contributed by atoms with Gasteiger partial charge in [0.15, 0.2) is 0 Å². The van der Waals surface area contributed by atoms with E-state index in [4.69, 9.17) is 0 Å². The first-order chi connectivity index (χ1) is 10.4. The van der Waals surface area contributed by atoms with Crippen LogP contribution in [0, 0.1) is 27.7 Å². The van der Waals surface area contributed by atoms with Crippen molar-refractivity contribution >= 4 is 12.4 Å². The monoisotopic (exact) mass is 296 g/mol. The standard InChI is InChI=1S/C18H20N2O2/c1-11-5-13(3)17(21)15(7-11)9-19-20-10-16-8-12(2)6-14(4)18(16)22/h5-10,21-22H,1-4H3/b19-9-,20-10-. The molecule has 2 aromatic carbocycles. The molecule has 0 atom stereocenters. The number of hydrogen-bond donors (Lipinski definition) is 2. The molecule has 0 bridgehead atoms. The lowest BCUT2D eigenvalue weighted by atomic mass is 10.1. The molecule has 0 aliphatic heterocycles. The first-order valence-corrected chi connectivity index (χ1v) is 7.05. The Kier molecular flexibility index (Phi) is 4.61. The molecular formula is C18H20N2O2. The Labute approximate surface area is 130 Å². The molecule has 114 valence electrons. The molecule has 4 nitrogen and oxygen atoms in total. The molecule has 22 heavy (non-hydrogen) atoms. The van der Waals surface area contributed by atoms with Crippen molar-refractivity contribution in [3.8, 4) is 11.5 Å². The minimum atomic E-state index is 0.207. The fraction of sp³-hybridized carbons (Fsp3) is 0.222. The first-order valence-electron chi connectivity index (χ1n) is 7.05. The molecule has 0 aliphatic carbocycles.